The van der Waals surface area contributed by atoms with E-state index in [-0.39, 0.29) is 18.0 Å². The van der Waals surface area contributed by atoms with Crippen molar-refractivity contribution in [1.29, 1.82) is 0 Å². The average Bonchev–Trinajstić information content (AvgIpc) is 3.14. The van der Waals surface area contributed by atoms with Gasteiger partial charge in [0, 0.05) is 23.7 Å². The fourth-order valence-electron chi connectivity index (χ4n) is 2.65. The van der Waals surface area contributed by atoms with Crippen LogP contribution in [-0.4, -0.2) is 32.9 Å². The normalized spacial score (nSPS) is 15.9. The van der Waals surface area contributed by atoms with Gasteiger partial charge >= 0.3 is 0 Å². The molecule has 0 aliphatic heterocycles. The highest BCUT2D eigenvalue weighted by atomic mass is 16.1. The first-order chi connectivity index (χ1) is 11.8. The van der Waals surface area contributed by atoms with Gasteiger partial charge in [-0.3, -0.25) is 9.48 Å². The molecule has 1 heterocycles. The summed E-state index contributed by atoms with van der Waals surface area (Å²) in [5.74, 6) is 1.13. The molecule has 0 aromatic carbocycles. The molecule has 0 spiro atoms. The Balaban J connectivity index is 2.23. The highest BCUT2D eigenvalue weighted by molar-refractivity contribution is 5.98. The number of allylic oxidation sites excluding steroid dienone is 1. The van der Waals surface area contributed by atoms with E-state index in [0.717, 1.165) is 24.0 Å². The molecule has 0 unspecified atom stereocenters. The van der Waals surface area contributed by atoms with E-state index in [9.17, 15) is 4.79 Å². The molecule has 1 amide bonds. The highest BCUT2D eigenvalue weighted by Crippen LogP contribution is 2.36. The molecule has 1 aliphatic rings. The van der Waals surface area contributed by atoms with Gasteiger partial charge < -0.3 is 10.6 Å². The lowest BCUT2D eigenvalue weighted by atomic mass is 9.97. The highest BCUT2D eigenvalue weighted by Gasteiger charge is 2.38. The molecule has 2 N–H and O–H groups in total. The zero-order valence-corrected chi connectivity index (χ0v) is 15.8. The summed E-state index contributed by atoms with van der Waals surface area (Å²) in [5.41, 5.74) is 2.54. The van der Waals surface area contributed by atoms with Gasteiger partial charge in [-0.2, -0.15) is 5.10 Å². The number of carbonyl (C=O) groups excluding carboxylic acids is 1. The number of hydrogen-bond acceptors (Lipinski definition) is 5. The van der Waals surface area contributed by atoms with Crippen LogP contribution in [0.1, 0.15) is 52.8 Å². The third-order valence-corrected chi connectivity index (χ3v) is 4.30. The first kappa shape index (κ1) is 18.9. The van der Waals surface area contributed by atoms with Crippen molar-refractivity contribution in [2.24, 2.45) is 12.0 Å². The second kappa shape index (κ2) is 7.63. The fourth-order valence-corrected chi connectivity index (χ4v) is 2.65. The summed E-state index contributed by atoms with van der Waals surface area (Å²) in [6.45, 7) is 12.0. The Hall–Kier alpha value is -2.44. The van der Waals surface area contributed by atoms with Crippen LogP contribution in [0.3, 0.4) is 0 Å². The molecule has 136 valence electrons. The minimum atomic E-state index is -0.145. The van der Waals surface area contributed by atoms with E-state index in [0.29, 0.717) is 23.6 Å². The topological polar surface area (TPSA) is 84.2 Å². The Kier molecular flexibility index (Phi) is 5.77. The second-order valence-corrected chi connectivity index (χ2v) is 6.92. The molecule has 0 radical (unpaired) electrons. The molecule has 1 aromatic heterocycles. The quantitative estimate of drug-likeness (QED) is 0.430. The van der Waals surface area contributed by atoms with Crippen LogP contribution in [0, 0.1) is 0 Å². The Bertz CT molecular complexity index is 720. The van der Waals surface area contributed by atoms with Crippen LogP contribution in [-0.2, 0) is 18.4 Å². The summed E-state index contributed by atoms with van der Waals surface area (Å²) in [7, 11) is 1.80. The molecule has 0 atom stereocenters. The van der Waals surface area contributed by atoms with Crippen molar-refractivity contribution in [1.82, 2.24) is 25.4 Å². The van der Waals surface area contributed by atoms with E-state index in [4.69, 9.17) is 0 Å². The minimum absolute atomic E-state index is 0.0675. The molecule has 2 rings (SSSR count). The van der Waals surface area contributed by atoms with E-state index < -0.39 is 0 Å². The first-order valence-electron chi connectivity index (χ1n) is 8.58. The Morgan fingerprint density at radius 2 is 2.12 bits per heavy atom. The van der Waals surface area contributed by atoms with Gasteiger partial charge in [0.05, 0.1) is 6.54 Å². The number of rotatable bonds is 8. The summed E-state index contributed by atoms with van der Waals surface area (Å²) in [4.78, 5) is 21.1. The third kappa shape index (κ3) is 4.78. The van der Waals surface area contributed by atoms with E-state index in [1.165, 1.54) is 0 Å². The minimum Gasteiger partial charge on any atom is -0.365 e. The zero-order valence-electron chi connectivity index (χ0n) is 15.8. The average molecular weight is 344 g/mol. The smallest absolute Gasteiger partial charge is 0.252 e. The monoisotopic (exact) mass is 344 g/mol. The summed E-state index contributed by atoms with van der Waals surface area (Å²) in [5, 5.41) is 10.5. The zero-order chi connectivity index (χ0) is 18.6. The molecule has 1 aliphatic carbocycles. The number of amides is 1. The molecule has 0 bridgehead atoms. The van der Waals surface area contributed by atoms with Crippen LogP contribution in [0.5, 0.6) is 0 Å². The van der Waals surface area contributed by atoms with Crippen LogP contribution in [0.4, 0.5) is 0 Å². The number of nitrogens with zero attached hydrogens (tertiary/aromatic N) is 4. The van der Waals surface area contributed by atoms with Crippen molar-refractivity contribution in [2.45, 2.75) is 59.0 Å². The summed E-state index contributed by atoms with van der Waals surface area (Å²) in [6.07, 6.45) is 4.50. The maximum absolute atomic E-state index is 12.8. The maximum atomic E-state index is 12.8. The van der Waals surface area contributed by atoms with Gasteiger partial charge in [-0.1, -0.05) is 12.5 Å². The van der Waals surface area contributed by atoms with Crippen LogP contribution in [0.15, 0.2) is 33.9 Å². The molecule has 1 aromatic rings. The third-order valence-electron chi connectivity index (χ3n) is 4.30. The maximum Gasteiger partial charge on any atom is 0.252 e. The number of carbonyl (C=O) groups is 1. The van der Waals surface area contributed by atoms with E-state index in [2.05, 4.69) is 39.3 Å². The van der Waals surface area contributed by atoms with Crippen molar-refractivity contribution < 1.29 is 4.79 Å². The summed E-state index contributed by atoms with van der Waals surface area (Å²) < 4.78 is 1.61. The van der Waals surface area contributed by atoms with Gasteiger partial charge in [-0.05, 0) is 46.8 Å². The van der Waals surface area contributed by atoms with Crippen LogP contribution >= 0.6 is 0 Å². The van der Waals surface area contributed by atoms with Crippen molar-refractivity contribution >= 4 is 12.6 Å². The first-order valence-corrected chi connectivity index (χ1v) is 8.58. The van der Waals surface area contributed by atoms with Gasteiger partial charge in [-0.25, -0.2) is 9.98 Å². The van der Waals surface area contributed by atoms with Gasteiger partial charge in [-0.15, -0.1) is 0 Å². The van der Waals surface area contributed by atoms with Gasteiger partial charge in [0.2, 0.25) is 0 Å². The Morgan fingerprint density at radius 1 is 1.44 bits per heavy atom. The lowest BCUT2D eigenvalue weighted by Gasteiger charge is -2.20. The molecule has 7 nitrogen and oxygen atoms in total. The summed E-state index contributed by atoms with van der Waals surface area (Å²) in [6, 6.07) is 0. The standard InChI is InChI=1S/C18H28N6O/c1-7-13(16(19-5)22-18(4)8-9-18)15(12(2)3)17(25)20-10-14-21-11-24(6)23-14/h11,22H,5,7-10H2,1-4,6H3,(H,20,25)/b16-13-. The van der Waals surface area contributed by atoms with Crippen LogP contribution < -0.4 is 10.6 Å². The SMILES string of the molecule is C=N/C(NC1(C)CC1)=C(\CC)C(C(=O)NCc1ncn(C)n1)=C(C)C. The fraction of sp³-hybridized carbons (Fsp3) is 0.556. The Morgan fingerprint density at radius 3 is 2.56 bits per heavy atom. The molecular weight excluding hydrogens is 316 g/mol. The largest absolute Gasteiger partial charge is 0.365 e. The molecule has 7 heteroatoms. The molecule has 1 fully saturated rings. The van der Waals surface area contributed by atoms with Crippen molar-refractivity contribution in [3.8, 4) is 0 Å². The van der Waals surface area contributed by atoms with Gasteiger partial charge in [0.15, 0.2) is 5.82 Å². The molecular formula is C18H28N6O. The molecule has 25 heavy (non-hydrogen) atoms. The summed E-state index contributed by atoms with van der Waals surface area (Å²) >= 11 is 0. The Labute approximate surface area is 149 Å². The van der Waals surface area contributed by atoms with Gasteiger partial charge in [0.1, 0.15) is 12.1 Å². The van der Waals surface area contributed by atoms with Crippen molar-refractivity contribution in [3.05, 3.63) is 34.7 Å². The lowest BCUT2D eigenvalue weighted by Crippen LogP contribution is -2.31. The number of nitrogens with one attached hydrogen (secondary N) is 2. The van der Waals surface area contributed by atoms with E-state index in [1.807, 2.05) is 20.8 Å². The van der Waals surface area contributed by atoms with Crippen molar-refractivity contribution in [2.75, 3.05) is 0 Å². The molecule has 1 saturated carbocycles. The number of aromatic nitrogens is 3. The molecule has 0 saturated heterocycles. The predicted octanol–water partition coefficient (Wildman–Crippen LogP) is 2.23. The second-order valence-electron chi connectivity index (χ2n) is 6.92. The number of aryl methyl sites for hydroxylation is 1. The number of aliphatic imine (C=N–C) groups is 1. The van der Waals surface area contributed by atoms with E-state index in [1.54, 1.807) is 18.1 Å². The van der Waals surface area contributed by atoms with Crippen molar-refractivity contribution in [3.63, 3.8) is 0 Å². The van der Waals surface area contributed by atoms with E-state index >= 15 is 0 Å². The number of hydrogen-bond donors (Lipinski definition) is 2. The lowest BCUT2D eigenvalue weighted by molar-refractivity contribution is -0.117. The van der Waals surface area contributed by atoms with Crippen LogP contribution in [0.2, 0.25) is 0 Å². The van der Waals surface area contributed by atoms with Crippen LogP contribution in [0.25, 0.3) is 0 Å². The van der Waals surface area contributed by atoms with Gasteiger partial charge in [0.25, 0.3) is 5.91 Å². The predicted molar refractivity (Wildman–Crippen MR) is 98.9 cm³/mol.